The number of nitrogens with zero attached hydrogens (tertiary/aromatic N) is 1. The van der Waals surface area contributed by atoms with E-state index < -0.39 is 12.0 Å². The highest BCUT2D eigenvalue weighted by Gasteiger charge is 2.33. The van der Waals surface area contributed by atoms with Crippen LogP contribution in [-0.4, -0.2) is 34.5 Å². The van der Waals surface area contributed by atoms with Crippen LogP contribution in [0, 0.1) is 0 Å². The molecular weight excluding hydrogens is 254 g/mol. The van der Waals surface area contributed by atoms with Crippen molar-refractivity contribution < 1.29 is 14.7 Å². The first kappa shape index (κ1) is 14.6. The molecule has 0 bridgehead atoms. The zero-order chi connectivity index (χ0) is 14.5. The van der Waals surface area contributed by atoms with Crippen molar-refractivity contribution in [3.63, 3.8) is 0 Å². The van der Waals surface area contributed by atoms with E-state index in [2.05, 4.69) is 0 Å². The lowest BCUT2D eigenvalue weighted by atomic mass is 9.98. The van der Waals surface area contributed by atoms with E-state index in [4.69, 9.17) is 0 Å². The number of carbonyl (C=O) groups is 2. The summed E-state index contributed by atoms with van der Waals surface area (Å²) in [5, 5.41) is 9.34. The first-order chi connectivity index (χ1) is 9.61. The molecule has 4 heteroatoms. The fourth-order valence-corrected chi connectivity index (χ4v) is 2.76. The summed E-state index contributed by atoms with van der Waals surface area (Å²) in [7, 11) is 0. The number of benzene rings is 1. The minimum atomic E-state index is -0.888. The summed E-state index contributed by atoms with van der Waals surface area (Å²) in [6.07, 6.45) is 3.31. The van der Waals surface area contributed by atoms with Gasteiger partial charge in [0.05, 0.1) is 5.92 Å². The second-order valence-corrected chi connectivity index (χ2v) is 5.37. The van der Waals surface area contributed by atoms with Gasteiger partial charge in [-0.05, 0) is 25.3 Å². The van der Waals surface area contributed by atoms with Gasteiger partial charge in [0, 0.05) is 6.54 Å². The van der Waals surface area contributed by atoms with Gasteiger partial charge in [-0.25, -0.2) is 4.79 Å². The minimum Gasteiger partial charge on any atom is -0.480 e. The number of amides is 1. The molecule has 4 nitrogen and oxygen atoms in total. The number of likely N-dealkylation sites (tertiary alicyclic amines) is 1. The molecule has 1 aromatic rings. The lowest BCUT2D eigenvalue weighted by Crippen LogP contribution is -2.46. The molecule has 1 aliphatic rings. The van der Waals surface area contributed by atoms with Crippen LogP contribution in [0.4, 0.5) is 0 Å². The molecule has 1 aliphatic heterocycles. The van der Waals surface area contributed by atoms with Gasteiger partial charge in [-0.2, -0.15) is 0 Å². The smallest absolute Gasteiger partial charge is 0.326 e. The second-order valence-electron chi connectivity index (χ2n) is 5.37. The van der Waals surface area contributed by atoms with Crippen LogP contribution in [0.3, 0.4) is 0 Å². The molecule has 108 valence electrons. The zero-order valence-electron chi connectivity index (χ0n) is 11.8. The quantitative estimate of drug-likeness (QED) is 0.922. The number of carboxylic acid groups (broad SMARTS) is 1. The number of carbonyl (C=O) groups excluding carboxylic acids is 1. The zero-order valence-corrected chi connectivity index (χ0v) is 11.8. The highest BCUT2D eigenvalue weighted by molar-refractivity contribution is 5.88. The number of hydrogen-bond acceptors (Lipinski definition) is 2. The summed E-state index contributed by atoms with van der Waals surface area (Å²) < 4.78 is 0. The molecule has 1 N–H and O–H groups in total. The summed E-state index contributed by atoms with van der Waals surface area (Å²) in [6, 6.07) is 8.86. The maximum atomic E-state index is 12.6. The van der Waals surface area contributed by atoms with E-state index in [9.17, 15) is 14.7 Å². The van der Waals surface area contributed by atoms with Crippen molar-refractivity contribution in [2.45, 2.75) is 44.6 Å². The minimum absolute atomic E-state index is 0.0782. The highest BCUT2D eigenvalue weighted by Crippen LogP contribution is 2.23. The second kappa shape index (κ2) is 6.55. The Labute approximate surface area is 119 Å². The van der Waals surface area contributed by atoms with E-state index in [0.717, 1.165) is 24.8 Å². The predicted molar refractivity (Wildman–Crippen MR) is 76.5 cm³/mol. The van der Waals surface area contributed by atoms with Gasteiger partial charge in [-0.3, -0.25) is 4.79 Å². The van der Waals surface area contributed by atoms with Crippen LogP contribution in [0.15, 0.2) is 30.3 Å². The Balaban J connectivity index is 2.18. The van der Waals surface area contributed by atoms with Crippen LogP contribution < -0.4 is 0 Å². The summed E-state index contributed by atoms with van der Waals surface area (Å²) in [4.78, 5) is 25.6. The first-order valence-electron chi connectivity index (χ1n) is 7.19. The van der Waals surface area contributed by atoms with Gasteiger partial charge in [0.1, 0.15) is 6.04 Å². The van der Waals surface area contributed by atoms with Crippen molar-refractivity contribution >= 4 is 11.9 Å². The van der Waals surface area contributed by atoms with Crippen LogP contribution in [0.5, 0.6) is 0 Å². The van der Waals surface area contributed by atoms with E-state index in [1.165, 1.54) is 0 Å². The number of carboxylic acids is 1. The molecule has 20 heavy (non-hydrogen) atoms. The average Bonchev–Trinajstić information content (AvgIpc) is 2.72. The standard InChI is InChI=1S/C16H21NO3/c1-12(13-8-4-2-5-9-13)15(18)17-11-7-3-6-10-14(17)16(19)20/h2,4-5,8-9,12,14H,3,6-7,10-11H2,1H3,(H,19,20). The molecule has 1 amide bonds. The molecule has 0 radical (unpaired) electrons. The van der Waals surface area contributed by atoms with Crippen LogP contribution in [-0.2, 0) is 9.59 Å². The Morgan fingerprint density at radius 2 is 1.90 bits per heavy atom. The first-order valence-corrected chi connectivity index (χ1v) is 7.19. The fraction of sp³-hybridized carbons (Fsp3) is 0.500. The molecule has 1 heterocycles. The van der Waals surface area contributed by atoms with Gasteiger partial charge >= 0.3 is 5.97 Å². The molecule has 0 spiro atoms. The third-order valence-corrected chi connectivity index (χ3v) is 3.99. The number of aliphatic carboxylic acids is 1. The Bertz CT molecular complexity index is 472. The Morgan fingerprint density at radius 3 is 2.55 bits per heavy atom. The van der Waals surface area contributed by atoms with E-state index in [0.29, 0.717) is 13.0 Å². The van der Waals surface area contributed by atoms with Crippen molar-refractivity contribution in [3.05, 3.63) is 35.9 Å². The normalized spacial score (nSPS) is 21.1. The van der Waals surface area contributed by atoms with Gasteiger partial charge in [-0.1, -0.05) is 43.2 Å². The van der Waals surface area contributed by atoms with Crippen LogP contribution >= 0.6 is 0 Å². The molecule has 0 aliphatic carbocycles. The highest BCUT2D eigenvalue weighted by atomic mass is 16.4. The number of hydrogen-bond donors (Lipinski definition) is 1. The van der Waals surface area contributed by atoms with Crippen molar-refractivity contribution in [3.8, 4) is 0 Å². The third-order valence-electron chi connectivity index (χ3n) is 3.99. The molecule has 2 unspecified atom stereocenters. The van der Waals surface area contributed by atoms with Gasteiger partial charge in [0.25, 0.3) is 0 Å². The van der Waals surface area contributed by atoms with Crippen LogP contribution in [0.25, 0.3) is 0 Å². The lowest BCUT2D eigenvalue weighted by Gasteiger charge is -2.29. The largest absolute Gasteiger partial charge is 0.480 e. The molecule has 2 atom stereocenters. The van der Waals surface area contributed by atoms with Crippen LogP contribution in [0.2, 0.25) is 0 Å². The van der Waals surface area contributed by atoms with Crippen molar-refractivity contribution in [2.75, 3.05) is 6.54 Å². The third kappa shape index (κ3) is 3.18. The van der Waals surface area contributed by atoms with Gasteiger partial charge in [-0.15, -0.1) is 0 Å². The summed E-state index contributed by atoms with van der Waals surface area (Å²) in [6.45, 7) is 2.40. The van der Waals surface area contributed by atoms with Crippen molar-refractivity contribution in [1.29, 1.82) is 0 Å². The molecular formula is C16H21NO3. The van der Waals surface area contributed by atoms with E-state index >= 15 is 0 Å². The molecule has 0 saturated carbocycles. The summed E-state index contributed by atoms with van der Waals surface area (Å²) in [5.41, 5.74) is 0.936. The maximum absolute atomic E-state index is 12.6. The average molecular weight is 275 g/mol. The molecule has 1 fully saturated rings. The predicted octanol–water partition coefficient (Wildman–Crippen LogP) is 2.65. The van der Waals surface area contributed by atoms with Gasteiger partial charge in [0.15, 0.2) is 0 Å². The van der Waals surface area contributed by atoms with Crippen molar-refractivity contribution in [1.82, 2.24) is 4.90 Å². The van der Waals surface area contributed by atoms with Gasteiger partial charge in [0.2, 0.25) is 5.91 Å². The molecule has 1 aromatic carbocycles. The van der Waals surface area contributed by atoms with Crippen LogP contribution in [0.1, 0.15) is 44.1 Å². The van der Waals surface area contributed by atoms with E-state index in [-0.39, 0.29) is 11.8 Å². The van der Waals surface area contributed by atoms with Gasteiger partial charge < -0.3 is 10.0 Å². The SMILES string of the molecule is CC(C(=O)N1CCCCCC1C(=O)O)c1ccccc1. The topological polar surface area (TPSA) is 57.6 Å². The monoisotopic (exact) mass is 275 g/mol. The molecule has 0 aromatic heterocycles. The Morgan fingerprint density at radius 1 is 1.20 bits per heavy atom. The summed E-state index contributed by atoms with van der Waals surface area (Å²) in [5.74, 6) is -1.26. The Hall–Kier alpha value is -1.84. The lowest BCUT2D eigenvalue weighted by molar-refractivity contribution is -0.150. The molecule has 2 rings (SSSR count). The van der Waals surface area contributed by atoms with E-state index in [1.807, 2.05) is 37.3 Å². The van der Waals surface area contributed by atoms with Crippen molar-refractivity contribution in [2.24, 2.45) is 0 Å². The summed E-state index contributed by atoms with van der Waals surface area (Å²) >= 11 is 0. The Kier molecular flexibility index (Phi) is 4.77. The fourth-order valence-electron chi connectivity index (χ4n) is 2.76. The van der Waals surface area contributed by atoms with E-state index in [1.54, 1.807) is 4.90 Å². The maximum Gasteiger partial charge on any atom is 0.326 e. The number of rotatable bonds is 3. The molecule has 1 saturated heterocycles.